The number of fused-ring (bicyclic) bond motifs is 4. The minimum absolute atomic E-state index is 0.259. The number of allylic oxidation sites excluding steroid dienone is 2. The van der Waals surface area contributed by atoms with Crippen molar-refractivity contribution in [1.82, 2.24) is 9.38 Å². The van der Waals surface area contributed by atoms with Crippen LogP contribution in [0.5, 0.6) is 0 Å². The fraction of sp³-hybridized carbons (Fsp3) is 0.407. The van der Waals surface area contributed by atoms with E-state index >= 15 is 0 Å². The number of nitrogens with one attached hydrogen (secondary N) is 1. The smallest absolute Gasteiger partial charge is 0.168 e. The standard InChI is InChI=1S/C27H31N3O/c1-17(2)12-13-27(5)21-16-20(22-10-7-11-23-28-14-15-30(22)23)18-8-6-9-19(18)24(21)29-26(3,4)25(27)31/h7,10-12,14-16,29H,6,8-9,13H2,1-5H3. The van der Waals surface area contributed by atoms with Crippen LogP contribution in [0.25, 0.3) is 16.9 Å². The molecule has 1 unspecified atom stereocenters. The normalized spacial score (nSPS) is 21.5. The number of nitrogens with zero attached hydrogens (tertiary/aromatic N) is 2. The van der Waals surface area contributed by atoms with Crippen molar-refractivity contribution in [2.24, 2.45) is 0 Å². The third-order valence-electron chi connectivity index (χ3n) is 7.13. The van der Waals surface area contributed by atoms with Gasteiger partial charge in [0.2, 0.25) is 0 Å². The molecule has 160 valence electrons. The Balaban J connectivity index is 1.82. The molecule has 2 aliphatic rings. The van der Waals surface area contributed by atoms with Gasteiger partial charge in [0.25, 0.3) is 0 Å². The zero-order valence-electron chi connectivity index (χ0n) is 19.2. The number of rotatable bonds is 3. The third-order valence-corrected chi connectivity index (χ3v) is 7.13. The maximum absolute atomic E-state index is 13.8. The zero-order valence-corrected chi connectivity index (χ0v) is 19.2. The van der Waals surface area contributed by atoms with Crippen LogP contribution < -0.4 is 5.32 Å². The Morgan fingerprint density at radius 1 is 1.19 bits per heavy atom. The van der Waals surface area contributed by atoms with E-state index in [0.29, 0.717) is 0 Å². The highest BCUT2D eigenvalue weighted by Gasteiger charge is 2.49. The molecule has 0 fully saturated rings. The van der Waals surface area contributed by atoms with Crippen molar-refractivity contribution in [3.63, 3.8) is 0 Å². The largest absolute Gasteiger partial charge is 0.373 e. The van der Waals surface area contributed by atoms with Crippen LogP contribution in [-0.2, 0) is 23.1 Å². The third kappa shape index (κ3) is 2.95. The molecular formula is C27H31N3O. The SMILES string of the molecule is CC(C)=CCC1(C)C(=O)C(C)(C)Nc2c1cc(-c1cccc3nccn13)c1c2CCC1. The number of hydrogen-bond donors (Lipinski definition) is 1. The van der Waals surface area contributed by atoms with Gasteiger partial charge in [0.05, 0.1) is 16.6 Å². The molecule has 1 N–H and O–H groups in total. The van der Waals surface area contributed by atoms with Gasteiger partial charge in [0.15, 0.2) is 5.78 Å². The second-order valence-electron chi connectivity index (χ2n) is 10.1. The Hall–Kier alpha value is -2.88. The molecule has 0 radical (unpaired) electrons. The van der Waals surface area contributed by atoms with Gasteiger partial charge in [-0.1, -0.05) is 17.7 Å². The van der Waals surface area contributed by atoms with Crippen LogP contribution in [-0.4, -0.2) is 20.7 Å². The number of hydrogen-bond acceptors (Lipinski definition) is 3. The summed E-state index contributed by atoms with van der Waals surface area (Å²) >= 11 is 0. The molecule has 1 aromatic carbocycles. The van der Waals surface area contributed by atoms with Gasteiger partial charge in [-0.25, -0.2) is 4.98 Å². The maximum atomic E-state index is 13.8. The number of ketones is 1. The first-order valence-corrected chi connectivity index (χ1v) is 11.3. The van der Waals surface area contributed by atoms with Crippen LogP contribution in [0.4, 0.5) is 5.69 Å². The predicted molar refractivity (Wildman–Crippen MR) is 127 cm³/mol. The lowest BCUT2D eigenvalue weighted by atomic mass is 9.65. The van der Waals surface area contributed by atoms with E-state index in [1.54, 1.807) is 0 Å². The molecule has 4 heteroatoms. The number of Topliss-reactive ketones (excluding diaryl/α,β-unsaturated/α-hetero) is 1. The van der Waals surface area contributed by atoms with E-state index in [2.05, 4.69) is 59.7 Å². The van der Waals surface area contributed by atoms with Gasteiger partial charge in [-0.2, -0.15) is 0 Å². The summed E-state index contributed by atoms with van der Waals surface area (Å²) in [5.41, 5.74) is 8.60. The zero-order chi connectivity index (χ0) is 22.0. The van der Waals surface area contributed by atoms with Crippen LogP contribution >= 0.6 is 0 Å². The number of aromatic nitrogens is 2. The topological polar surface area (TPSA) is 46.4 Å². The second kappa shape index (κ2) is 6.81. The summed E-state index contributed by atoms with van der Waals surface area (Å²) in [4.78, 5) is 18.2. The van der Waals surface area contributed by atoms with Crippen LogP contribution in [0.15, 0.2) is 48.3 Å². The Morgan fingerprint density at radius 2 is 1.97 bits per heavy atom. The Bertz CT molecular complexity index is 1240. The quantitative estimate of drug-likeness (QED) is 0.546. The molecule has 0 spiro atoms. The van der Waals surface area contributed by atoms with Crippen molar-refractivity contribution in [2.75, 3.05) is 5.32 Å². The summed E-state index contributed by atoms with van der Waals surface area (Å²) in [6.07, 6.45) is 10.1. The van der Waals surface area contributed by atoms with E-state index in [0.717, 1.165) is 42.6 Å². The molecule has 1 atom stereocenters. The molecule has 0 saturated carbocycles. The van der Waals surface area contributed by atoms with Crippen LogP contribution in [0.2, 0.25) is 0 Å². The molecule has 1 aliphatic heterocycles. The maximum Gasteiger partial charge on any atom is 0.168 e. The predicted octanol–water partition coefficient (Wildman–Crippen LogP) is 5.88. The van der Waals surface area contributed by atoms with Gasteiger partial charge in [-0.05, 0) is 95.2 Å². The molecular weight excluding hydrogens is 382 g/mol. The van der Waals surface area contributed by atoms with Crippen molar-refractivity contribution in [3.05, 3.63) is 65.0 Å². The highest BCUT2D eigenvalue weighted by Crippen LogP contribution is 2.49. The van der Waals surface area contributed by atoms with Crippen molar-refractivity contribution in [2.45, 2.75) is 71.3 Å². The highest BCUT2D eigenvalue weighted by atomic mass is 16.1. The van der Waals surface area contributed by atoms with Gasteiger partial charge in [0, 0.05) is 23.6 Å². The summed E-state index contributed by atoms with van der Waals surface area (Å²) in [6.45, 7) is 10.4. The van der Waals surface area contributed by atoms with E-state index in [4.69, 9.17) is 0 Å². The lowest BCUT2D eigenvalue weighted by Crippen LogP contribution is -2.55. The molecule has 1 aliphatic carbocycles. The fourth-order valence-electron chi connectivity index (χ4n) is 5.55. The van der Waals surface area contributed by atoms with Crippen molar-refractivity contribution in [3.8, 4) is 11.3 Å². The van der Waals surface area contributed by atoms with Crippen LogP contribution in [0, 0.1) is 0 Å². The number of carbonyl (C=O) groups is 1. The Kier molecular flexibility index (Phi) is 4.40. The number of imidazole rings is 1. The minimum Gasteiger partial charge on any atom is -0.373 e. The van der Waals surface area contributed by atoms with E-state index in [9.17, 15) is 4.79 Å². The molecule has 3 heterocycles. The molecule has 5 rings (SSSR count). The van der Waals surface area contributed by atoms with Crippen LogP contribution in [0.3, 0.4) is 0 Å². The van der Waals surface area contributed by atoms with Gasteiger partial charge >= 0.3 is 0 Å². The summed E-state index contributed by atoms with van der Waals surface area (Å²) in [6, 6.07) is 8.58. The van der Waals surface area contributed by atoms with Gasteiger partial charge in [-0.15, -0.1) is 0 Å². The molecule has 4 nitrogen and oxygen atoms in total. The highest BCUT2D eigenvalue weighted by molar-refractivity contribution is 6.04. The first-order valence-electron chi connectivity index (χ1n) is 11.3. The summed E-state index contributed by atoms with van der Waals surface area (Å²) in [5, 5.41) is 3.65. The summed E-state index contributed by atoms with van der Waals surface area (Å²) in [7, 11) is 0. The molecule has 31 heavy (non-hydrogen) atoms. The molecule has 2 aromatic heterocycles. The number of carbonyl (C=O) groups excluding carboxylic acids is 1. The molecule has 0 amide bonds. The van der Waals surface area contributed by atoms with Gasteiger partial charge in [0.1, 0.15) is 5.65 Å². The summed E-state index contributed by atoms with van der Waals surface area (Å²) in [5.74, 6) is 0.259. The lowest BCUT2D eigenvalue weighted by Gasteiger charge is -2.45. The fourth-order valence-corrected chi connectivity index (χ4v) is 5.55. The Morgan fingerprint density at radius 3 is 2.74 bits per heavy atom. The molecule has 3 aromatic rings. The lowest BCUT2D eigenvalue weighted by molar-refractivity contribution is -0.128. The molecule has 0 saturated heterocycles. The van der Waals surface area contributed by atoms with E-state index < -0.39 is 11.0 Å². The van der Waals surface area contributed by atoms with Gasteiger partial charge in [-0.3, -0.25) is 9.20 Å². The van der Waals surface area contributed by atoms with E-state index in [1.807, 2.05) is 32.3 Å². The first-order chi connectivity index (χ1) is 14.7. The van der Waals surface area contributed by atoms with Crippen molar-refractivity contribution < 1.29 is 4.79 Å². The average Bonchev–Trinajstić information content (AvgIpc) is 3.40. The number of benzene rings is 1. The van der Waals surface area contributed by atoms with E-state index in [1.165, 1.54) is 28.0 Å². The Labute approximate surface area is 184 Å². The molecule has 0 bridgehead atoms. The summed E-state index contributed by atoms with van der Waals surface area (Å²) < 4.78 is 2.16. The van der Waals surface area contributed by atoms with Crippen molar-refractivity contribution in [1.29, 1.82) is 0 Å². The number of anilines is 1. The number of pyridine rings is 1. The van der Waals surface area contributed by atoms with Crippen LogP contribution in [0.1, 0.15) is 64.2 Å². The van der Waals surface area contributed by atoms with E-state index in [-0.39, 0.29) is 5.78 Å². The average molecular weight is 414 g/mol. The second-order valence-corrected chi connectivity index (χ2v) is 10.1. The van der Waals surface area contributed by atoms with Gasteiger partial charge < -0.3 is 5.32 Å². The van der Waals surface area contributed by atoms with Crippen molar-refractivity contribution >= 4 is 17.1 Å². The monoisotopic (exact) mass is 413 g/mol. The first kappa shape index (κ1) is 20.0. The minimum atomic E-state index is -0.584.